The smallest absolute Gasteiger partial charge is 0.329 e. The maximum absolute atomic E-state index is 12.6. The van der Waals surface area contributed by atoms with Crippen LogP contribution in [0.15, 0.2) is 24.3 Å². The Balaban J connectivity index is 1.60. The summed E-state index contributed by atoms with van der Waals surface area (Å²) in [6, 6.07) is 5.44. The van der Waals surface area contributed by atoms with Crippen molar-refractivity contribution in [3.8, 4) is 0 Å². The van der Waals surface area contributed by atoms with E-state index in [0.717, 1.165) is 17.7 Å². The Morgan fingerprint density at radius 2 is 1.61 bits per heavy atom. The van der Waals surface area contributed by atoms with Crippen LogP contribution in [0.25, 0.3) is 0 Å². The van der Waals surface area contributed by atoms with E-state index in [9.17, 15) is 19.2 Å². The third kappa shape index (κ3) is 4.04. The Hall–Kier alpha value is -2.41. The van der Waals surface area contributed by atoms with E-state index in [1.165, 1.54) is 13.8 Å². The van der Waals surface area contributed by atoms with Gasteiger partial charge in [0, 0.05) is 10.7 Å². The highest BCUT2D eigenvalue weighted by Crippen LogP contribution is 2.38. The number of amides is 3. The third-order valence-corrected chi connectivity index (χ3v) is 5.63. The number of anilines is 1. The number of nitrogens with one attached hydrogen (secondary N) is 1. The zero-order valence-corrected chi connectivity index (χ0v) is 16.6. The van der Waals surface area contributed by atoms with Crippen LogP contribution >= 0.6 is 11.6 Å². The summed E-state index contributed by atoms with van der Waals surface area (Å²) >= 11 is 5.80. The third-order valence-electron chi connectivity index (χ3n) is 5.38. The molecule has 0 unspecified atom stereocenters. The zero-order chi connectivity index (χ0) is 20.4. The normalized spacial score (nSPS) is 23.8. The van der Waals surface area contributed by atoms with Crippen LogP contribution in [0.3, 0.4) is 0 Å². The molecule has 28 heavy (non-hydrogen) atoms. The topological polar surface area (TPSA) is 92.8 Å². The van der Waals surface area contributed by atoms with Gasteiger partial charge in [0.05, 0.1) is 11.8 Å². The number of halogens is 1. The number of rotatable bonds is 5. The fourth-order valence-electron chi connectivity index (χ4n) is 3.78. The molecule has 2 aliphatic rings. The molecule has 1 aromatic carbocycles. The molecule has 0 radical (unpaired) electrons. The van der Waals surface area contributed by atoms with Gasteiger partial charge in [-0.2, -0.15) is 0 Å². The van der Waals surface area contributed by atoms with Gasteiger partial charge >= 0.3 is 5.97 Å². The van der Waals surface area contributed by atoms with Crippen molar-refractivity contribution < 1.29 is 23.9 Å². The van der Waals surface area contributed by atoms with E-state index >= 15 is 0 Å². The quantitative estimate of drug-likeness (QED) is 0.599. The van der Waals surface area contributed by atoms with E-state index in [1.54, 1.807) is 24.3 Å². The molecule has 8 heteroatoms. The fraction of sp³-hybridized carbons (Fsp3) is 0.500. The number of ether oxygens (including phenoxy) is 1. The molecule has 1 aliphatic heterocycles. The molecule has 1 saturated carbocycles. The molecule has 1 heterocycles. The number of carbonyl (C=O) groups excluding carboxylic acids is 4. The molecular weight excluding hydrogens is 384 g/mol. The van der Waals surface area contributed by atoms with Gasteiger partial charge in [-0.15, -0.1) is 0 Å². The molecule has 0 spiro atoms. The van der Waals surface area contributed by atoms with E-state index in [1.807, 2.05) is 0 Å². The summed E-state index contributed by atoms with van der Waals surface area (Å²) in [5.74, 6) is -2.58. The van der Waals surface area contributed by atoms with Crippen molar-refractivity contribution in [1.82, 2.24) is 4.90 Å². The van der Waals surface area contributed by atoms with Gasteiger partial charge in [0.25, 0.3) is 5.91 Å². The monoisotopic (exact) mass is 406 g/mol. The van der Waals surface area contributed by atoms with Crippen molar-refractivity contribution in [1.29, 1.82) is 0 Å². The zero-order valence-electron chi connectivity index (χ0n) is 15.8. The predicted molar refractivity (Wildman–Crippen MR) is 102 cm³/mol. The summed E-state index contributed by atoms with van der Waals surface area (Å²) in [5, 5.41) is 3.15. The summed E-state index contributed by atoms with van der Waals surface area (Å²) in [4.78, 5) is 50.9. The first kappa shape index (κ1) is 20.3. The number of nitrogens with zero attached hydrogens (tertiary/aromatic N) is 1. The minimum Gasteiger partial charge on any atom is -0.451 e. The van der Waals surface area contributed by atoms with Crippen molar-refractivity contribution in [2.45, 2.75) is 51.7 Å². The number of likely N-dealkylation sites (tertiary alicyclic amines) is 1. The van der Waals surface area contributed by atoms with Crippen LogP contribution in [0.5, 0.6) is 0 Å². The number of benzene rings is 1. The van der Waals surface area contributed by atoms with E-state index < -0.39 is 24.0 Å². The first-order valence-corrected chi connectivity index (χ1v) is 9.81. The molecule has 1 saturated heterocycles. The molecule has 7 nitrogen and oxygen atoms in total. The summed E-state index contributed by atoms with van der Waals surface area (Å²) in [6.45, 7) is 2.89. The second-order valence-electron chi connectivity index (χ2n) is 7.30. The molecule has 150 valence electrons. The lowest BCUT2D eigenvalue weighted by atomic mass is 9.81. The maximum atomic E-state index is 12.6. The first-order valence-electron chi connectivity index (χ1n) is 9.43. The van der Waals surface area contributed by atoms with Crippen molar-refractivity contribution in [3.05, 3.63) is 29.3 Å². The second kappa shape index (κ2) is 8.31. The lowest BCUT2D eigenvalue weighted by Gasteiger charge is -2.23. The van der Waals surface area contributed by atoms with Crippen LogP contribution in [0.2, 0.25) is 5.02 Å². The SMILES string of the molecule is C[C@H](OC(=O)[C@H](C)N1C(=O)[C@H]2CCCC[C@@H]2C1=O)C(=O)Nc1ccc(Cl)cc1. The van der Waals surface area contributed by atoms with E-state index in [2.05, 4.69) is 5.32 Å². The average molecular weight is 407 g/mol. The Labute approximate surface area is 168 Å². The molecule has 3 rings (SSSR count). The predicted octanol–water partition coefficient (Wildman–Crippen LogP) is 2.77. The van der Waals surface area contributed by atoms with Gasteiger partial charge in [-0.3, -0.25) is 19.3 Å². The number of fused-ring (bicyclic) bond motifs is 1. The molecule has 1 N–H and O–H groups in total. The van der Waals surface area contributed by atoms with Gasteiger partial charge in [0.2, 0.25) is 11.8 Å². The van der Waals surface area contributed by atoms with Crippen molar-refractivity contribution >= 4 is 41.0 Å². The van der Waals surface area contributed by atoms with Gasteiger partial charge in [-0.25, -0.2) is 4.79 Å². The number of esters is 1. The largest absolute Gasteiger partial charge is 0.451 e. The van der Waals surface area contributed by atoms with Crippen LogP contribution < -0.4 is 5.32 Å². The Morgan fingerprint density at radius 1 is 1.07 bits per heavy atom. The van der Waals surface area contributed by atoms with Gasteiger partial charge < -0.3 is 10.1 Å². The van der Waals surface area contributed by atoms with Gasteiger partial charge in [-0.05, 0) is 51.0 Å². The number of carbonyl (C=O) groups is 4. The molecule has 3 amide bonds. The van der Waals surface area contributed by atoms with Gasteiger partial charge in [0.15, 0.2) is 6.10 Å². The van der Waals surface area contributed by atoms with Crippen molar-refractivity contribution in [2.75, 3.05) is 5.32 Å². The summed E-state index contributed by atoms with van der Waals surface area (Å²) in [6.07, 6.45) is 2.09. The molecule has 0 aromatic heterocycles. The minimum atomic E-state index is -1.08. The lowest BCUT2D eigenvalue weighted by Crippen LogP contribution is -2.46. The van der Waals surface area contributed by atoms with E-state index in [4.69, 9.17) is 16.3 Å². The highest BCUT2D eigenvalue weighted by atomic mass is 35.5. The van der Waals surface area contributed by atoms with Gasteiger partial charge in [-0.1, -0.05) is 24.4 Å². The molecule has 2 fully saturated rings. The number of hydrogen-bond acceptors (Lipinski definition) is 5. The fourth-order valence-corrected chi connectivity index (χ4v) is 3.90. The molecule has 4 atom stereocenters. The second-order valence-corrected chi connectivity index (χ2v) is 7.73. The molecule has 0 bridgehead atoms. The standard InChI is InChI=1S/C20H23ClN2O5/c1-11(23-18(25)15-5-3-4-6-16(15)19(23)26)20(27)28-12(2)17(24)22-14-9-7-13(21)8-10-14/h7-12,15-16H,3-6H2,1-2H3,(H,22,24)/t11-,12-,15-,16-/m0/s1. The first-order chi connectivity index (χ1) is 13.3. The highest BCUT2D eigenvalue weighted by Gasteiger charge is 2.51. The lowest BCUT2D eigenvalue weighted by molar-refractivity contribution is -0.163. The Morgan fingerprint density at radius 3 is 2.14 bits per heavy atom. The van der Waals surface area contributed by atoms with Crippen molar-refractivity contribution in [2.24, 2.45) is 11.8 Å². The summed E-state index contributed by atoms with van der Waals surface area (Å²) < 4.78 is 5.21. The Bertz CT molecular complexity index is 770. The van der Waals surface area contributed by atoms with Crippen LogP contribution in [-0.2, 0) is 23.9 Å². The molecule has 1 aliphatic carbocycles. The average Bonchev–Trinajstić information content (AvgIpc) is 2.93. The van der Waals surface area contributed by atoms with Gasteiger partial charge in [0.1, 0.15) is 6.04 Å². The number of imide groups is 1. The Kier molecular flexibility index (Phi) is 6.03. The van der Waals surface area contributed by atoms with Crippen molar-refractivity contribution in [3.63, 3.8) is 0 Å². The maximum Gasteiger partial charge on any atom is 0.329 e. The van der Waals surface area contributed by atoms with E-state index in [0.29, 0.717) is 23.6 Å². The van der Waals surface area contributed by atoms with E-state index in [-0.39, 0.29) is 23.7 Å². The molecule has 1 aromatic rings. The summed E-state index contributed by atoms with van der Waals surface area (Å²) in [7, 11) is 0. The minimum absolute atomic E-state index is 0.308. The highest BCUT2D eigenvalue weighted by molar-refractivity contribution is 6.30. The summed E-state index contributed by atoms with van der Waals surface area (Å²) in [5.41, 5.74) is 0.513. The number of hydrogen-bond donors (Lipinski definition) is 1. The van der Waals surface area contributed by atoms with Crippen LogP contribution in [0, 0.1) is 11.8 Å². The van der Waals surface area contributed by atoms with Crippen LogP contribution in [0.4, 0.5) is 5.69 Å². The molecular formula is C20H23ClN2O5. The van der Waals surface area contributed by atoms with Crippen LogP contribution in [0.1, 0.15) is 39.5 Å². The van der Waals surface area contributed by atoms with Crippen LogP contribution in [-0.4, -0.2) is 40.7 Å².